The number of benzene rings is 3. The van der Waals surface area contributed by atoms with Gasteiger partial charge in [0.1, 0.15) is 0 Å². The third-order valence-corrected chi connectivity index (χ3v) is 7.00. The zero-order valence-electron chi connectivity index (χ0n) is 19.7. The highest BCUT2D eigenvalue weighted by Gasteiger charge is 2.34. The minimum atomic E-state index is -0.603. The van der Waals surface area contributed by atoms with E-state index in [9.17, 15) is 14.9 Å². The fraction of sp³-hybridized carbons (Fsp3) is 0.107. The van der Waals surface area contributed by atoms with Crippen LogP contribution in [0.2, 0.25) is 10.0 Å². The summed E-state index contributed by atoms with van der Waals surface area (Å²) < 4.78 is 0. The van der Waals surface area contributed by atoms with E-state index in [1.165, 1.54) is 11.8 Å². The van der Waals surface area contributed by atoms with Gasteiger partial charge in [0.05, 0.1) is 28.3 Å². The molecule has 3 aromatic carbocycles. The third-order valence-electron chi connectivity index (χ3n) is 5.55. The van der Waals surface area contributed by atoms with Crippen LogP contribution in [0.3, 0.4) is 0 Å². The van der Waals surface area contributed by atoms with Gasteiger partial charge in [0.15, 0.2) is 0 Å². The molecular formula is C28H22Cl2N4O2S. The van der Waals surface area contributed by atoms with E-state index >= 15 is 0 Å². The highest BCUT2D eigenvalue weighted by molar-refractivity contribution is 8.03. The van der Waals surface area contributed by atoms with Gasteiger partial charge in [-0.15, -0.1) is 0 Å². The summed E-state index contributed by atoms with van der Waals surface area (Å²) in [5, 5.41) is 20.4. The number of nitrogens with zero attached hydrogens (tertiary/aromatic N) is 1. The standard InChI is InChI=1S/C28H22Cl2N4O2S/c1-17-25(27(36)34-21-10-6-3-7-11-21)26(18-8-4-2-5-9-18)23(15-31)28(32-17)37-16-24(35)33-22-13-19(29)12-20(30)14-22/h2-14,26,32H,16H2,1H3,(H,33,35)(H,34,36)/t26-/m1/s1. The molecule has 3 aromatic rings. The molecule has 0 unspecified atom stereocenters. The molecule has 9 heteroatoms. The average Bonchev–Trinajstić information content (AvgIpc) is 2.87. The summed E-state index contributed by atoms with van der Waals surface area (Å²) in [5.74, 6) is -1.18. The van der Waals surface area contributed by atoms with Crippen LogP contribution in [0.1, 0.15) is 18.4 Å². The minimum Gasteiger partial charge on any atom is -0.353 e. The second-order valence-electron chi connectivity index (χ2n) is 8.18. The summed E-state index contributed by atoms with van der Waals surface area (Å²) in [6.07, 6.45) is 0. The van der Waals surface area contributed by atoms with E-state index in [-0.39, 0.29) is 17.6 Å². The van der Waals surface area contributed by atoms with Crippen molar-refractivity contribution in [1.29, 1.82) is 5.26 Å². The number of anilines is 2. The topological polar surface area (TPSA) is 94.0 Å². The predicted molar refractivity (Wildman–Crippen MR) is 150 cm³/mol. The van der Waals surface area contributed by atoms with Crippen LogP contribution in [0.25, 0.3) is 0 Å². The Kier molecular flexibility index (Phi) is 8.57. The number of rotatable bonds is 7. The zero-order chi connectivity index (χ0) is 26.4. The second-order valence-corrected chi connectivity index (χ2v) is 10.0. The number of nitriles is 1. The number of allylic oxidation sites excluding steroid dienone is 2. The maximum absolute atomic E-state index is 13.4. The maximum Gasteiger partial charge on any atom is 0.254 e. The fourth-order valence-electron chi connectivity index (χ4n) is 3.99. The Morgan fingerprint density at radius 2 is 1.57 bits per heavy atom. The molecule has 1 aliphatic heterocycles. The Labute approximate surface area is 229 Å². The second kappa shape index (κ2) is 12.0. The van der Waals surface area contributed by atoms with Crippen molar-refractivity contribution >= 4 is 58.2 Å². The van der Waals surface area contributed by atoms with Crippen molar-refractivity contribution in [3.63, 3.8) is 0 Å². The van der Waals surface area contributed by atoms with E-state index in [0.29, 0.717) is 43.3 Å². The van der Waals surface area contributed by atoms with E-state index < -0.39 is 5.92 Å². The first kappa shape index (κ1) is 26.4. The first-order chi connectivity index (χ1) is 17.9. The Hall–Kier alpha value is -3.70. The van der Waals surface area contributed by atoms with Crippen LogP contribution in [0.5, 0.6) is 0 Å². The van der Waals surface area contributed by atoms with Crippen LogP contribution >= 0.6 is 35.0 Å². The lowest BCUT2D eigenvalue weighted by Crippen LogP contribution is -2.31. The molecule has 186 valence electrons. The molecule has 3 N–H and O–H groups in total. The molecule has 37 heavy (non-hydrogen) atoms. The summed E-state index contributed by atoms with van der Waals surface area (Å²) in [4.78, 5) is 26.1. The number of dihydropyridines is 1. The Morgan fingerprint density at radius 3 is 2.19 bits per heavy atom. The van der Waals surface area contributed by atoms with Crippen molar-refractivity contribution in [2.24, 2.45) is 0 Å². The van der Waals surface area contributed by atoms with Gasteiger partial charge in [-0.3, -0.25) is 9.59 Å². The number of hydrogen-bond donors (Lipinski definition) is 3. The molecular weight excluding hydrogens is 527 g/mol. The highest BCUT2D eigenvalue weighted by Crippen LogP contribution is 2.41. The normalized spacial score (nSPS) is 15.0. The van der Waals surface area contributed by atoms with E-state index in [0.717, 1.165) is 5.56 Å². The molecule has 0 radical (unpaired) electrons. The molecule has 0 saturated heterocycles. The van der Waals surface area contributed by atoms with Crippen LogP contribution in [0.15, 0.2) is 101 Å². The molecule has 0 saturated carbocycles. The van der Waals surface area contributed by atoms with Gasteiger partial charge in [-0.05, 0) is 42.8 Å². The molecule has 0 spiro atoms. The molecule has 0 aliphatic carbocycles. The largest absolute Gasteiger partial charge is 0.353 e. The van der Waals surface area contributed by atoms with Gasteiger partial charge < -0.3 is 16.0 Å². The quantitative estimate of drug-likeness (QED) is 0.305. The van der Waals surface area contributed by atoms with Crippen molar-refractivity contribution in [3.8, 4) is 6.07 Å². The number of amides is 2. The molecule has 0 fully saturated rings. The van der Waals surface area contributed by atoms with Crippen LogP contribution < -0.4 is 16.0 Å². The lowest BCUT2D eigenvalue weighted by molar-refractivity contribution is -0.114. The van der Waals surface area contributed by atoms with E-state index in [2.05, 4.69) is 22.0 Å². The summed E-state index contributed by atoms with van der Waals surface area (Å²) >= 11 is 13.2. The van der Waals surface area contributed by atoms with Crippen molar-refractivity contribution in [3.05, 3.63) is 116 Å². The Morgan fingerprint density at radius 1 is 0.946 bits per heavy atom. The van der Waals surface area contributed by atoms with E-state index in [1.54, 1.807) is 37.3 Å². The van der Waals surface area contributed by atoms with E-state index in [4.69, 9.17) is 23.2 Å². The number of thioether (sulfide) groups is 1. The Balaban J connectivity index is 1.60. The van der Waals surface area contributed by atoms with Gasteiger partial charge in [-0.25, -0.2) is 0 Å². The SMILES string of the molecule is CC1=C(C(=O)Nc2ccccc2)[C@H](c2ccccc2)C(C#N)=C(SCC(=O)Nc2cc(Cl)cc(Cl)c2)N1. The Bertz CT molecular complexity index is 1410. The van der Waals surface area contributed by atoms with Crippen molar-refractivity contribution in [2.45, 2.75) is 12.8 Å². The van der Waals surface area contributed by atoms with Crippen LogP contribution in [0, 0.1) is 11.3 Å². The predicted octanol–water partition coefficient (Wildman–Crippen LogP) is 6.70. The summed E-state index contributed by atoms with van der Waals surface area (Å²) in [6.45, 7) is 1.79. The lowest BCUT2D eigenvalue weighted by atomic mass is 9.82. The number of para-hydroxylation sites is 1. The van der Waals surface area contributed by atoms with Gasteiger partial charge in [0.2, 0.25) is 5.91 Å². The van der Waals surface area contributed by atoms with Gasteiger partial charge in [0.25, 0.3) is 5.91 Å². The highest BCUT2D eigenvalue weighted by atomic mass is 35.5. The van der Waals surface area contributed by atoms with Crippen molar-refractivity contribution < 1.29 is 9.59 Å². The molecule has 0 aromatic heterocycles. The maximum atomic E-state index is 13.4. The summed E-state index contributed by atoms with van der Waals surface area (Å²) in [6, 6.07) is 25.6. The van der Waals surface area contributed by atoms with Gasteiger partial charge in [-0.2, -0.15) is 5.26 Å². The molecule has 6 nitrogen and oxygen atoms in total. The molecule has 2 amide bonds. The summed E-state index contributed by atoms with van der Waals surface area (Å²) in [5.41, 5.74) is 3.33. The van der Waals surface area contributed by atoms with Gasteiger partial charge in [0, 0.05) is 32.7 Å². The number of nitrogens with one attached hydrogen (secondary N) is 3. The fourth-order valence-corrected chi connectivity index (χ4v) is 5.40. The number of carbonyl (C=O) groups excluding carboxylic acids is 2. The van der Waals surface area contributed by atoms with E-state index in [1.807, 2.05) is 48.5 Å². The van der Waals surface area contributed by atoms with Crippen LogP contribution in [0.4, 0.5) is 11.4 Å². The number of hydrogen-bond acceptors (Lipinski definition) is 5. The number of halogens is 2. The number of carbonyl (C=O) groups is 2. The molecule has 1 heterocycles. The first-order valence-electron chi connectivity index (χ1n) is 11.3. The van der Waals surface area contributed by atoms with Crippen LogP contribution in [-0.4, -0.2) is 17.6 Å². The third kappa shape index (κ3) is 6.55. The molecule has 1 atom stereocenters. The average molecular weight is 549 g/mol. The van der Waals surface area contributed by atoms with Crippen LogP contribution in [-0.2, 0) is 9.59 Å². The van der Waals surface area contributed by atoms with Crippen molar-refractivity contribution in [1.82, 2.24) is 5.32 Å². The van der Waals surface area contributed by atoms with Crippen molar-refractivity contribution in [2.75, 3.05) is 16.4 Å². The molecule has 1 aliphatic rings. The first-order valence-corrected chi connectivity index (χ1v) is 13.0. The monoisotopic (exact) mass is 548 g/mol. The minimum absolute atomic E-state index is 0.0258. The zero-order valence-corrected chi connectivity index (χ0v) is 22.0. The lowest BCUT2D eigenvalue weighted by Gasteiger charge is -2.29. The molecule has 4 rings (SSSR count). The van der Waals surface area contributed by atoms with Gasteiger partial charge in [-0.1, -0.05) is 83.5 Å². The molecule has 0 bridgehead atoms. The van der Waals surface area contributed by atoms with Gasteiger partial charge >= 0.3 is 0 Å². The smallest absolute Gasteiger partial charge is 0.254 e. The summed E-state index contributed by atoms with van der Waals surface area (Å²) in [7, 11) is 0.